The monoisotopic (exact) mass is 338 g/mol. The van der Waals surface area contributed by atoms with Gasteiger partial charge in [0, 0.05) is 17.3 Å². The van der Waals surface area contributed by atoms with Crippen LogP contribution in [0.2, 0.25) is 0 Å². The first kappa shape index (κ1) is 12.8. The number of fused-ring (bicyclic) bond motifs is 2. The van der Waals surface area contributed by atoms with Crippen molar-refractivity contribution in [3.63, 3.8) is 0 Å². The Morgan fingerprint density at radius 2 is 2.05 bits per heavy atom. The van der Waals surface area contributed by atoms with E-state index >= 15 is 0 Å². The number of halogens is 1. The van der Waals surface area contributed by atoms with Crippen molar-refractivity contribution in [2.24, 2.45) is 5.92 Å². The first-order valence-corrected chi connectivity index (χ1v) is 7.75. The summed E-state index contributed by atoms with van der Waals surface area (Å²) in [5.74, 6) is 0.131. The number of benzene rings is 1. The van der Waals surface area contributed by atoms with E-state index in [1.54, 1.807) is 0 Å². The van der Waals surface area contributed by atoms with Crippen molar-refractivity contribution in [3.8, 4) is 5.75 Å². The summed E-state index contributed by atoms with van der Waals surface area (Å²) in [6.45, 7) is 1.24. The topological polar surface area (TPSA) is 44.8 Å². The predicted molar refractivity (Wildman–Crippen MR) is 74.9 cm³/mol. The normalized spacial score (nSPS) is 30.8. The molecule has 2 unspecified atom stereocenters. The molecule has 5 heteroatoms. The summed E-state index contributed by atoms with van der Waals surface area (Å²) < 4.78 is 18.4. The Hall–Kier alpha value is -0.910. The molecule has 4 rings (SSSR count). The van der Waals surface area contributed by atoms with Crippen molar-refractivity contribution in [2.45, 2.75) is 31.2 Å². The van der Waals surface area contributed by atoms with Crippen LogP contribution < -0.4 is 4.74 Å². The standard InChI is InChI=1S/C15H15BrO4/c16-9-1-2-12-10(7-9)14(17)11-8-15(18-5-6-19-15)4-3-13(11)20-12/h1-2,7,11,13H,3-6,8H2. The van der Waals surface area contributed by atoms with Gasteiger partial charge < -0.3 is 14.2 Å². The maximum atomic E-state index is 12.7. The molecule has 0 bridgehead atoms. The lowest BCUT2D eigenvalue weighted by Crippen LogP contribution is -2.49. The van der Waals surface area contributed by atoms with Crippen LogP contribution in [0.4, 0.5) is 0 Å². The molecule has 1 spiro atoms. The van der Waals surface area contributed by atoms with Crippen LogP contribution in [0.25, 0.3) is 0 Å². The first-order chi connectivity index (χ1) is 9.67. The maximum Gasteiger partial charge on any atom is 0.173 e. The molecule has 3 aliphatic rings. The van der Waals surface area contributed by atoms with Gasteiger partial charge in [-0.2, -0.15) is 0 Å². The van der Waals surface area contributed by atoms with E-state index in [0.29, 0.717) is 30.9 Å². The number of carbonyl (C=O) groups excluding carboxylic acids is 1. The summed E-state index contributed by atoms with van der Waals surface area (Å²) in [5.41, 5.74) is 0.663. The molecule has 0 N–H and O–H groups in total. The molecule has 4 nitrogen and oxygen atoms in total. The molecule has 1 aliphatic carbocycles. The number of rotatable bonds is 0. The second-order valence-corrected chi connectivity index (χ2v) is 6.53. The third kappa shape index (κ3) is 1.91. The van der Waals surface area contributed by atoms with Gasteiger partial charge in [0.05, 0.1) is 24.7 Å². The summed E-state index contributed by atoms with van der Waals surface area (Å²) in [7, 11) is 0. The number of hydrogen-bond acceptors (Lipinski definition) is 4. The lowest BCUT2D eigenvalue weighted by molar-refractivity contribution is -0.195. The zero-order valence-electron chi connectivity index (χ0n) is 10.9. The minimum atomic E-state index is -0.552. The summed E-state index contributed by atoms with van der Waals surface area (Å²) in [6.07, 6.45) is 2.15. The van der Waals surface area contributed by atoms with Crippen molar-refractivity contribution in [1.82, 2.24) is 0 Å². The second-order valence-electron chi connectivity index (χ2n) is 5.62. The van der Waals surface area contributed by atoms with Crippen LogP contribution in [0, 0.1) is 5.92 Å². The summed E-state index contributed by atoms with van der Waals surface area (Å²) in [5, 5.41) is 0. The van der Waals surface area contributed by atoms with E-state index in [4.69, 9.17) is 14.2 Å². The third-order valence-electron chi connectivity index (χ3n) is 4.43. The van der Waals surface area contributed by atoms with E-state index in [0.717, 1.165) is 17.3 Å². The van der Waals surface area contributed by atoms with Crippen molar-refractivity contribution in [3.05, 3.63) is 28.2 Å². The van der Waals surface area contributed by atoms with Crippen molar-refractivity contribution < 1.29 is 19.0 Å². The molecule has 2 atom stereocenters. The molecule has 2 fully saturated rings. The SMILES string of the molecule is O=C1c2cc(Br)ccc2OC2CCC3(CC12)OCCO3. The molecular weight excluding hydrogens is 324 g/mol. The Kier molecular flexibility index (Phi) is 2.91. The Morgan fingerprint density at radius 1 is 1.25 bits per heavy atom. The van der Waals surface area contributed by atoms with Crippen LogP contribution in [0.3, 0.4) is 0 Å². The fourth-order valence-electron chi connectivity index (χ4n) is 3.45. The molecule has 20 heavy (non-hydrogen) atoms. The van der Waals surface area contributed by atoms with E-state index in [-0.39, 0.29) is 17.8 Å². The Labute approximate surface area is 125 Å². The molecule has 1 aromatic rings. The number of ketones is 1. The highest BCUT2D eigenvalue weighted by molar-refractivity contribution is 9.10. The lowest BCUT2D eigenvalue weighted by Gasteiger charge is -2.42. The van der Waals surface area contributed by atoms with Gasteiger partial charge in [-0.25, -0.2) is 0 Å². The molecule has 2 aliphatic heterocycles. The van der Waals surface area contributed by atoms with Crippen LogP contribution in [0.1, 0.15) is 29.6 Å². The molecule has 2 heterocycles. The zero-order chi connectivity index (χ0) is 13.7. The summed E-state index contributed by atoms with van der Waals surface area (Å²) in [4.78, 5) is 12.7. The second kappa shape index (κ2) is 4.55. The molecular formula is C15H15BrO4. The Balaban J connectivity index is 1.68. The number of Topliss-reactive ketones (excluding diaryl/α,β-unsaturated/α-hetero) is 1. The molecule has 106 valence electrons. The van der Waals surface area contributed by atoms with E-state index < -0.39 is 5.79 Å². The quantitative estimate of drug-likeness (QED) is 0.729. The van der Waals surface area contributed by atoms with Crippen LogP contribution in [0.15, 0.2) is 22.7 Å². The fourth-order valence-corrected chi connectivity index (χ4v) is 3.82. The minimum absolute atomic E-state index is 0.0467. The van der Waals surface area contributed by atoms with Gasteiger partial charge in [-0.1, -0.05) is 15.9 Å². The van der Waals surface area contributed by atoms with E-state index in [1.165, 1.54) is 0 Å². The minimum Gasteiger partial charge on any atom is -0.489 e. The van der Waals surface area contributed by atoms with Gasteiger partial charge >= 0.3 is 0 Å². The van der Waals surface area contributed by atoms with Gasteiger partial charge in [0.2, 0.25) is 0 Å². The predicted octanol–water partition coefficient (Wildman–Crippen LogP) is 2.94. The average Bonchev–Trinajstić information content (AvgIpc) is 2.89. The van der Waals surface area contributed by atoms with E-state index in [2.05, 4.69) is 15.9 Å². The van der Waals surface area contributed by atoms with Gasteiger partial charge in [-0.05, 0) is 24.6 Å². The van der Waals surface area contributed by atoms with Gasteiger partial charge in [-0.15, -0.1) is 0 Å². The van der Waals surface area contributed by atoms with Crippen LogP contribution >= 0.6 is 15.9 Å². The summed E-state index contributed by atoms with van der Waals surface area (Å²) in [6, 6.07) is 5.60. The lowest BCUT2D eigenvalue weighted by atomic mass is 9.76. The highest BCUT2D eigenvalue weighted by Gasteiger charge is 2.50. The van der Waals surface area contributed by atoms with Gasteiger partial charge in [-0.3, -0.25) is 4.79 Å². The van der Waals surface area contributed by atoms with Crippen LogP contribution in [-0.4, -0.2) is 30.9 Å². The van der Waals surface area contributed by atoms with E-state index in [9.17, 15) is 4.79 Å². The number of carbonyl (C=O) groups is 1. The van der Waals surface area contributed by atoms with Gasteiger partial charge in [0.25, 0.3) is 0 Å². The highest BCUT2D eigenvalue weighted by Crippen LogP contribution is 2.45. The first-order valence-electron chi connectivity index (χ1n) is 6.95. The average molecular weight is 339 g/mol. The third-order valence-corrected chi connectivity index (χ3v) is 4.92. The highest BCUT2D eigenvalue weighted by atomic mass is 79.9. The Bertz CT molecular complexity index is 565. The maximum absolute atomic E-state index is 12.7. The molecule has 0 aromatic heterocycles. The van der Waals surface area contributed by atoms with Crippen molar-refractivity contribution in [2.75, 3.05) is 13.2 Å². The number of ether oxygens (including phenoxy) is 3. The number of hydrogen-bond donors (Lipinski definition) is 0. The van der Waals surface area contributed by atoms with Gasteiger partial charge in [0.1, 0.15) is 11.9 Å². The van der Waals surface area contributed by atoms with Crippen molar-refractivity contribution >= 4 is 21.7 Å². The summed E-state index contributed by atoms with van der Waals surface area (Å²) >= 11 is 3.41. The fraction of sp³-hybridized carbons (Fsp3) is 0.533. The Morgan fingerprint density at radius 3 is 2.85 bits per heavy atom. The largest absolute Gasteiger partial charge is 0.489 e. The van der Waals surface area contributed by atoms with E-state index in [1.807, 2.05) is 18.2 Å². The zero-order valence-corrected chi connectivity index (χ0v) is 12.5. The van der Waals surface area contributed by atoms with Gasteiger partial charge in [0.15, 0.2) is 11.6 Å². The molecule has 0 radical (unpaired) electrons. The molecule has 1 aromatic carbocycles. The van der Waals surface area contributed by atoms with Crippen LogP contribution in [-0.2, 0) is 9.47 Å². The molecule has 1 saturated heterocycles. The van der Waals surface area contributed by atoms with Crippen molar-refractivity contribution in [1.29, 1.82) is 0 Å². The molecule has 0 amide bonds. The van der Waals surface area contributed by atoms with Crippen LogP contribution in [0.5, 0.6) is 5.75 Å². The molecule has 1 saturated carbocycles. The smallest absolute Gasteiger partial charge is 0.173 e.